The summed E-state index contributed by atoms with van der Waals surface area (Å²) >= 11 is 0.973. The van der Waals surface area contributed by atoms with Crippen LogP contribution in [0.1, 0.15) is 24.2 Å². The number of carbonyl (C=O) groups is 3. The van der Waals surface area contributed by atoms with Crippen molar-refractivity contribution in [3.05, 3.63) is 23.0 Å². The number of oxime groups is 1. The summed E-state index contributed by atoms with van der Waals surface area (Å²) in [4.78, 5) is 46.0. The summed E-state index contributed by atoms with van der Waals surface area (Å²) in [6.07, 6.45) is 1.76. The Morgan fingerprint density at radius 2 is 2.11 bits per heavy atom. The van der Waals surface area contributed by atoms with E-state index in [4.69, 9.17) is 16.3 Å². The van der Waals surface area contributed by atoms with Crippen molar-refractivity contribution in [2.24, 2.45) is 10.9 Å². The van der Waals surface area contributed by atoms with E-state index in [9.17, 15) is 32.5 Å². The van der Waals surface area contributed by atoms with Crippen LogP contribution in [0.3, 0.4) is 0 Å². The highest BCUT2D eigenvalue weighted by Gasteiger charge is 2.56. The maximum Gasteiger partial charge on any atom is 0.362 e. The predicted octanol–water partition coefficient (Wildman–Crippen LogP) is -2.69. The Hall–Kier alpha value is -3.68. The lowest BCUT2D eigenvalue weighted by molar-refractivity contribution is -0.153. The number of amides is 2. The number of aromatic nitrogens is 4. The van der Waals surface area contributed by atoms with Crippen LogP contribution < -0.4 is 16.8 Å². The number of rotatable bonds is 10. The summed E-state index contributed by atoms with van der Waals surface area (Å²) in [5, 5.41) is 24.2. The van der Waals surface area contributed by atoms with E-state index in [1.54, 1.807) is 0 Å². The third-order valence-electron chi connectivity index (χ3n) is 5.26. The predicted molar refractivity (Wildman–Crippen MR) is 116 cm³/mol. The molecule has 4 rings (SSSR count). The molecule has 2 aromatic heterocycles. The fourth-order valence-corrected chi connectivity index (χ4v) is 4.67. The van der Waals surface area contributed by atoms with E-state index in [2.05, 4.69) is 25.8 Å². The first-order valence-electron chi connectivity index (χ1n) is 9.87. The molecule has 2 aromatic rings. The summed E-state index contributed by atoms with van der Waals surface area (Å²) in [6.45, 7) is -0.210. The first kappa shape index (κ1) is 24.4. The second-order valence-corrected chi connectivity index (χ2v) is 9.85. The number of nitrogens with one attached hydrogen (secondary N) is 1. The lowest BCUT2D eigenvalue weighted by atomic mass is 9.98. The van der Waals surface area contributed by atoms with E-state index in [1.807, 2.05) is 0 Å². The zero-order valence-electron chi connectivity index (χ0n) is 17.6. The molecule has 1 saturated heterocycles. The number of carbonyl (C=O) groups excluding carboxylic acids is 2. The van der Waals surface area contributed by atoms with Crippen LogP contribution in [0.4, 0.5) is 5.13 Å². The Kier molecular flexibility index (Phi) is 6.17. The molecule has 17 nitrogen and oxygen atoms in total. The van der Waals surface area contributed by atoms with Gasteiger partial charge in [-0.1, -0.05) is 10.4 Å². The Labute approximate surface area is 200 Å². The minimum Gasteiger partial charge on any atom is -0.478 e. The quantitative estimate of drug-likeness (QED) is 0.0910. The normalized spacial score (nSPS) is 21.4. The Morgan fingerprint density at radius 1 is 1.40 bits per heavy atom. The molecular weight excluding hydrogens is 510 g/mol. The highest BCUT2D eigenvalue weighted by molar-refractivity contribution is 7.84. The number of nitrogen functional groups attached to an aromatic ring is 1. The average Bonchev–Trinajstić information content (AvgIpc) is 3.23. The van der Waals surface area contributed by atoms with Crippen molar-refractivity contribution in [2.75, 3.05) is 5.73 Å². The molecule has 2 atom stereocenters. The number of carboxylic acids is 1. The first-order valence-corrected chi connectivity index (χ1v) is 12.1. The van der Waals surface area contributed by atoms with Gasteiger partial charge in [-0.2, -0.15) is 8.42 Å². The zero-order chi connectivity index (χ0) is 25.5. The molecule has 1 aliphatic carbocycles. The van der Waals surface area contributed by atoms with Crippen LogP contribution in [0.25, 0.3) is 0 Å². The van der Waals surface area contributed by atoms with Crippen LogP contribution >= 0.6 is 11.3 Å². The summed E-state index contributed by atoms with van der Waals surface area (Å²) in [5.74, 6) is -3.40. The number of anilines is 1. The van der Waals surface area contributed by atoms with Gasteiger partial charge >= 0.3 is 16.3 Å². The van der Waals surface area contributed by atoms with Crippen LogP contribution in [-0.4, -0.2) is 83.5 Å². The molecule has 2 amide bonds. The number of hydrogen-bond acceptors (Lipinski definition) is 13. The minimum atomic E-state index is -4.95. The van der Waals surface area contributed by atoms with Gasteiger partial charge in [0, 0.05) is 31.0 Å². The number of nitrogens with zero attached hydrogens (tertiary/aromatic N) is 6. The fraction of sp³-hybridized carbons (Fsp3) is 0.438. The van der Waals surface area contributed by atoms with Crippen LogP contribution in [-0.2, 0) is 42.6 Å². The van der Waals surface area contributed by atoms with Gasteiger partial charge in [0.05, 0.1) is 18.3 Å². The Bertz CT molecular complexity index is 1320. The molecule has 0 bridgehead atoms. The number of nitrogens with two attached hydrogens (primary N) is 2. The molecule has 188 valence electrons. The molecule has 2 unspecified atom stereocenters. The van der Waals surface area contributed by atoms with Crippen LogP contribution in [0.2, 0.25) is 0 Å². The van der Waals surface area contributed by atoms with E-state index in [0.29, 0.717) is 5.69 Å². The van der Waals surface area contributed by atoms with Gasteiger partial charge in [0.2, 0.25) is 5.60 Å². The second kappa shape index (κ2) is 8.83. The molecule has 1 aliphatic heterocycles. The fourth-order valence-electron chi connectivity index (χ4n) is 3.25. The zero-order valence-corrected chi connectivity index (χ0v) is 19.3. The smallest absolute Gasteiger partial charge is 0.362 e. The van der Waals surface area contributed by atoms with Gasteiger partial charge in [0.1, 0.15) is 11.7 Å². The van der Waals surface area contributed by atoms with E-state index < -0.39 is 51.5 Å². The Balaban J connectivity index is 1.58. The van der Waals surface area contributed by atoms with Gasteiger partial charge in [0.25, 0.3) is 11.8 Å². The monoisotopic (exact) mass is 529 g/mol. The van der Waals surface area contributed by atoms with Crippen molar-refractivity contribution in [1.29, 1.82) is 0 Å². The highest BCUT2D eigenvalue weighted by atomic mass is 32.2. The summed E-state index contributed by atoms with van der Waals surface area (Å²) < 4.78 is 34.3. The topological polar surface area (TPSA) is 258 Å². The van der Waals surface area contributed by atoms with E-state index in [1.165, 1.54) is 16.3 Å². The number of β-lactam (4-membered cyclic amide) rings is 1. The summed E-state index contributed by atoms with van der Waals surface area (Å²) in [5.41, 5.74) is 9.37. The van der Waals surface area contributed by atoms with Crippen LogP contribution in [0.5, 0.6) is 0 Å². The van der Waals surface area contributed by atoms with Gasteiger partial charge in [-0.25, -0.2) is 14.1 Å². The van der Waals surface area contributed by atoms with Crippen molar-refractivity contribution >= 4 is 50.3 Å². The maximum atomic E-state index is 13.0. The molecule has 2 fully saturated rings. The molecule has 2 aliphatic rings. The number of carboxylic acid groups (broad SMARTS) is 1. The van der Waals surface area contributed by atoms with Gasteiger partial charge in [0.15, 0.2) is 10.8 Å². The largest absolute Gasteiger partial charge is 0.478 e. The molecule has 35 heavy (non-hydrogen) atoms. The maximum absolute atomic E-state index is 13.0. The molecule has 19 heteroatoms. The third-order valence-corrected chi connectivity index (χ3v) is 6.88. The van der Waals surface area contributed by atoms with E-state index in [-0.39, 0.29) is 41.1 Å². The number of thiazole rings is 1. The van der Waals surface area contributed by atoms with Crippen LogP contribution in [0, 0.1) is 0 Å². The van der Waals surface area contributed by atoms with Gasteiger partial charge in [-0.15, -0.1) is 16.4 Å². The summed E-state index contributed by atoms with van der Waals surface area (Å²) in [6, 6.07) is -2.70. The van der Waals surface area contributed by atoms with Crippen molar-refractivity contribution < 1.29 is 37.3 Å². The number of hydrogen-bond donors (Lipinski definition) is 5. The lowest BCUT2D eigenvalue weighted by Gasteiger charge is -2.43. The molecule has 0 aromatic carbocycles. The average molecular weight is 530 g/mol. The van der Waals surface area contributed by atoms with E-state index >= 15 is 0 Å². The Morgan fingerprint density at radius 3 is 2.63 bits per heavy atom. The third kappa shape index (κ3) is 4.78. The number of aliphatic carboxylic acids is 1. The first-order chi connectivity index (χ1) is 16.4. The lowest BCUT2D eigenvalue weighted by Crippen LogP contribution is -2.73. The van der Waals surface area contributed by atoms with Gasteiger partial charge < -0.3 is 26.7 Å². The van der Waals surface area contributed by atoms with Crippen molar-refractivity contribution in [1.82, 2.24) is 29.6 Å². The van der Waals surface area contributed by atoms with E-state index in [0.717, 1.165) is 11.3 Å². The molecule has 1 saturated carbocycles. The van der Waals surface area contributed by atoms with Crippen molar-refractivity contribution in [3.63, 3.8) is 0 Å². The SMILES string of the molecule is NCc1cn(CC2C(NC(=O)/C(=N\OC3(C(=O)O)CC3)c3csc(N)n3)C(=O)N2S(=O)(=O)O)nn1. The van der Waals surface area contributed by atoms with Gasteiger partial charge in [-0.3, -0.25) is 18.8 Å². The molecule has 0 spiro atoms. The molecule has 0 radical (unpaired) electrons. The molecule has 7 N–H and O–H groups in total. The van der Waals surface area contributed by atoms with Gasteiger partial charge in [-0.05, 0) is 0 Å². The standard InChI is InChI=1S/C16H19N9O8S2/c17-3-7-4-24(23-21-7)5-9-11(13(27)25(9)35(30,31)32)20-12(26)10(8-6-34-15(18)19-8)22-33-16(1-2-16)14(28)29/h4,6,9,11H,1-3,5,17H2,(H2,18,19)(H,20,26)(H,28,29)(H,30,31,32)/b22-10-. The van der Waals surface area contributed by atoms with Crippen molar-refractivity contribution in [3.8, 4) is 0 Å². The highest BCUT2D eigenvalue weighted by Crippen LogP contribution is 2.40. The van der Waals surface area contributed by atoms with Crippen molar-refractivity contribution in [2.45, 2.75) is 43.6 Å². The molecular formula is C16H19N9O8S2. The van der Waals surface area contributed by atoms with Crippen LogP contribution in [0.15, 0.2) is 16.7 Å². The minimum absolute atomic E-state index is 0.0509. The molecule has 3 heterocycles. The summed E-state index contributed by atoms with van der Waals surface area (Å²) in [7, 11) is -4.95. The second-order valence-electron chi connectivity index (χ2n) is 7.67.